The molecule has 0 spiro atoms. The molecule has 0 aliphatic carbocycles. The maximum atomic E-state index is 11.3. The first-order valence-electron chi connectivity index (χ1n) is 4.74. The van der Waals surface area contributed by atoms with Crippen molar-refractivity contribution in [2.24, 2.45) is 11.8 Å². The van der Waals surface area contributed by atoms with Gasteiger partial charge in [-0.25, -0.2) is 0 Å². The van der Waals surface area contributed by atoms with E-state index in [0.29, 0.717) is 5.92 Å². The molecule has 0 aliphatic heterocycles. The van der Waals surface area contributed by atoms with Crippen molar-refractivity contribution in [2.75, 3.05) is 0 Å². The summed E-state index contributed by atoms with van der Waals surface area (Å²) in [7, 11) is 0. The highest BCUT2D eigenvalue weighted by Gasteiger charge is 2.18. The molecule has 2 heteroatoms. The van der Waals surface area contributed by atoms with Crippen LogP contribution in [-0.4, -0.2) is 10.8 Å². The van der Waals surface area contributed by atoms with Gasteiger partial charge in [-0.05, 0) is 31.4 Å². The highest BCUT2D eigenvalue weighted by atomic mass is 16.1. The number of H-pyrrole nitrogens is 1. The van der Waals surface area contributed by atoms with Crippen molar-refractivity contribution in [2.45, 2.75) is 27.2 Å². The number of hydrogen-bond acceptors (Lipinski definition) is 1. The number of hydrogen-bond donors (Lipinski definition) is 1. The summed E-state index contributed by atoms with van der Waals surface area (Å²) in [6.07, 6.45) is 2.73. The van der Waals surface area contributed by atoms with Gasteiger partial charge in [-0.2, -0.15) is 0 Å². The van der Waals surface area contributed by atoms with Gasteiger partial charge in [-0.1, -0.05) is 13.8 Å². The summed E-state index contributed by atoms with van der Waals surface area (Å²) in [6.45, 7) is 5.86. The minimum atomic E-state index is 0.152. The third kappa shape index (κ3) is 2.72. The van der Waals surface area contributed by atoms with Crippen molar-refractivity contribution in [3.63, 3.8) is 0 Å². The maximum absolute atomic E-state index is 11.3. The van der Waals surface area contributed by atoms with E-state index in [0.717, 1.165) is 12.1 Å². The summed E-state index contributed by atoms with van der Waals surface area (Å²) in [5.74, 6) is 0.851. The van der Waals surface area contributed by atoms with Crippen LogP contribution < -0.4 is 0 Å². The number of Topliss-reactive ketones (excluding diaryl/α,β-unsaturated/α-hetero) is 1. The zero-order valence-electron chi connectivity index (χ0n) is 8.50. The maximum Gasteiger partial charge on any atom is 0.133 e. The zero-order valence-corrected chi connectivity index (χ0v) is 8.50. The Morgan fingerprint density at radius 3 is 2.62 bits per heavy atom. The smallest absolute Gasteiger partial charge is 0.133 e. The summed E-state index contributed by atoms with van der Waals surface area (Å²) in [4.78, 5) is 14.4. The molecule has 0 aliphatic rings. The van der Waals surface area contributed by atoms with E-state index in [4.69, 9.17) is 0 Å². The molecular weight excluding hydrogens is 162 g/mol. The number of carbonyl (C=O) groups excluding carboxylic acids is 1. The topological polar surface area (TPSA) is 32.9 Å². The Morgan fingerprint density at radius 2 is 2.23 bits per heavy atom. The third-order valence-electron chi connectivity index (χ3n) is 2.43. The van der Waals surface area contributed by atoms with Gasteiger partial charge < -0.3 is 4.98 Å². The Bertz CT molecular complexity index is 262. The van der Waals surface area contributed by atoms with Gasteiger partial charge in [0.05, 0.1) is 0 Å². The fourth-order valence-corrected chi connectivity index (χ4v) is 1.58. The van der Waals surface area contributed by atoms with E-state index in [1.165, 1.54) is 0 Å². The zero-order chi connectivity index (χ0) is 9.84. The molecular formula is C11H17NO. The molecule has 0 aromatic carbocycles. The second kappa shape index (κ2) is 4.26. The lowest BCUT2D eigenvalue weighted by Gasteiger charge is -2.16. The summed E-state index contributed by atoms with van der Waals surface area (Å²) in [5.41, 5.74) is 1.15. The first-order valence-corrected chi connectivity index (χ1v) is 4.74. The van der Waals surface area contributed by atoms with Crippen LogP contribution in [0.4, 0.5) is 0 Å². The predicted molar refractivity (Wildman–Crippen MR) is 53.5 cm³/mol. The number of aromatic nitrogens is 1. The summed E-state index contributed by atoms with van der Waals surface area (Å²) >= 11 is 0. The van der Waals surface area contributed by atoms with E-state index in [-0.39, 0.29) is 11.7 Å². The second-order valence-corrected chi connectivity index (χ2v) is 3.86. The molecule has 0 amide bonds. The Morgan fingerprint density at radius 1 is 1.54 bits per heavy atom. The number of carbonyl (C=O) groups is 1. The van der Waals surface area contributed by atoms with Crippen LogP contribution in [0.25, 0.3) is 0 Å². The van der Waals surface area contributed by atoms with Crippen molar-refractivity contribution in [1.29, 1.82) is 0 Å². The lowest BCUT2D eigenvalue weighted by molar-refractivity contribution is -0.121. The van der Waals surface area contributed by atoms with E-state index in [1.807, 2.05) is 18.3 Å². The van der Waals surface area contributed by atoms with Gasteiger partial charge in [0.15, 0.2) is 0 Å². The van der Waals surface area contributed by atoms with E-state index in [9.17, 15) is 4.79 Å². The highest BCUT2D eigenvalue weighted by Crippen LogP contribution is 2.17. The Hall–Kier alpha value is -1.05. The van der Waals surface area contributed by atoms with Crippen LogP contribution in [0, 0.1) is 11.8 Å². The van der Waals surface area contributed by atoms with Crippen molar-refractivity contribution in [3.8, 4) is 0 Å². The molecule has 1 aromatic rings. The van der Waals surface area contributed by atoms with Crippen molar-refractivity contribution in [1.82, 2.24) is 4.98 Å². The van der Waals surface area contributed by atoms with E-state index in [1.54, 1.807) is 6.92 Å². The third-order valence-corrected chi connectivity index (χ3v) is 2.43. The molecule has 0 saturated carbocycles. The molecule has 2 nitrogen and oxygen atoms in total. The fourth-order valence-electron chi connectivity index (χ4n) is 1.58. The number of aromatic amines is 1. The van der Waals surface area contributed by atoms with Crippen LogP contribution >= 0.6 is 0 Å². The van der Waals surface area contributed by atoms with E-state index < -0.39 is 0 Å². The number of nitrogens with one attached hydrogen (secondary N) is 1. The molecule has 0 saturated heterocycles. The van der Waals surface area contributed by atoms with Crippen LogP contribution in [0.15, 0.2) is 18.3 Å². The molecule has 1 unspecified atom stereocenters. The number of ketones is 1. The number of rotatable bonds is 4. The average Bonchev–Trinajstić information content (AvgIpc) is 2.50. The molecule has 0 bridgehead atoms. The van der Waals surface area contributed by atoms with Gasteiger partial charge in [-0.3, -0.25) is 4.79 Å². The Kier molecular flexibility index (Phi) is 3.29. The SMILES string of the molecule is CC(=O)C(Cc1ccc[nH]1)C(C)C. The summed E-state index contributed by atoms with van der Waals surface area (Å²) in [6, 6.07) is 3.99. The highest BCUT2D eigenvalue weighted by molar-refractivity contribution is 5.78. The fraction of sp³-hybridized carbons (Fsp3) is 0.545. The van der Waals surface area contributed by atoms with Crippen LogP contribution in [0.3, 0.4) is 0 Å². The Labute approximate surface area is 79.4 Å². The van der Waals surface area contributed by atoms with Gasteiger partial charge in [0.1, 0.15) is 5.78 Å². The normalized spacial score (nSPS) is 13.2. The predicted octanol–water partition coefficient (Wildman–Crippen LogP) is 2.42. The van der Waals surface area contributed by atoms with E-state index in [2.05, 4.69) is 18.8 Å². The quantitative estimate of drug-likeness (QED) is 0.756. The van der Waals surface area contributed by atoms with Crippen molar-refractivity contribution in [3.05, 3.63) is 24.0 Å². The molecule has 1 heterocycles. The van der Waals surface area contributed by atoms with Crippen LogP contribution in [0.5, 0.6) is 0 Å². The van der Waals surface area contributed by atoms with Gasteiger partial charge in [-0.15, -0.1) is 0 Å². The molecule has 72 valence electrons. The van der Waals surface area contributed by atoms with Gasteiger partial charge in [0.2, 0.25) is 0 Å². The van der Waals surface area contributed by atoms with Crippen molar-refractivity contribution >= 4 is 5.78 Å². The van der Waals surface area contributed by atoms with Gasteiger partial charge in [0.25, 0.3) is 0 Å². The van der Waals surface area contributed by atoms with Crippen LogP contribution in [0.2, 0.25) is 0 Å². The van der Waals surface area contributed by atoms with Gasteiger partial charge >= 0.3 is 0 Å². The van der Waals surface area contributed by atoms with Crippen molar-refractivity contribution < 1.29 is 4.79 Å². The second-order valence-electron chi connectivity index (χ2n) is 3.86. The molecule has 1 aromatic heterocycles. The first kappa shape index (κ1) is 10.0. The summed E-state index contributed by atoms with van der Waals surface area (Å²) in [5, 5.41) is 0. The lowest BCUT2D eigenvalue weighted by atomic mass is 9.88. The van der Waals surface area contributed by atoms with E-state index >= 15 is 0 Å². The molecule has 0 radical (unpaired) electrons. The standard InChI is InChI=1S/C11H17NO/c1-8(2)11(9(3)13)7-10-5-4-6-12-10/h4-6,8,11-12H,7H2,1-3H3. The molecule has 13 heavy (non-hydrogen) atoms. The lowest BCUT2D eigenvalue weighted by Crippen LogP contribution is -2.20. The molecule has 0 fully saturated rings. The van der Waals surface area contributed by atoms with Gasteiger partial charge in [0, 0.05) is 17.8 Å². The monoisotopic (exact) mass is 179 g/mol. The van der Waals surface area contributed by atoms with Crippen LogP contribution in [0.1, 0.15) is 26.5 Å². The minimum Gasteiger partial charge on any atom is -0.365 e. The Balaban J connectivity index is 2.63. The minimum absolute atomic E-state index is 0.152. The molecule has 1 N–H and O–H groups in total. The first-order chi connectivity index (χ1) is 6.11. The summed E-state index contributed by atoms with van der Waals surface area (Å²) < 4.78 is 0. The molecule has 1 rings (SSSR count). The molecule has 1 atom stereocenters. The largest absolute Gasteiger partial charge is 0.365 e. The average molecular weight is 179 g/mol. The van der Waals surface area contributed by atoms with Crippen LogP contribution in [-0.2, 0) is 11.2 Å².